The zero-order chi connectivity index (χ0) is 27.8. The van der Waals surface area contributed by atoms with Gasteiger partial charge in [0.2, 0.25) is 0 Å². The summed E-state index contributed by atoms with van der Waals surface area (Å²) in [4.78, 5) is 18.2. The lowest BCUT2D eigenvalue weighted by molar-refractivity contribution is 0.469. The number of anilines is 1. The van der Waals surface area contributed by atoms with Crippen LogP contribution < -0.4 is 11.3 Å². The molecule has 0 bridgehead atoms. The minimum Gasteiger partial charge on any atom is -0.508 e. The Hall–Kier alpha value is -4.98. The number of hydrogen-bond donors (Lipinski definition) is 2. The van der Waals surface area contributed by atoms with Crippen LogP contribution in [-0.4, -0.2) is 24.4 Å². The quantitative estimate of drug-likeness (QED) is 0.260. The predicted molar refractivity (Wildman–Crippen MR) is 155 cm³/mol. The molecule has 3 aromatic heterocycles. The number of nitrogens with two attached hydrogens (primary N) is 1. The normalized spacial score (nSPS) is 12.2. The third-order valence-electron chi connectivity index (χ3n) is 6.62. The van der Waals surface area contributed by atoms with Crippen molar-refractivity contribution in [1.29, 1.82) is 0 Å². The lowest BCUT2D eigenvalue weighted by Gasteiger charge is -2.19. The molecule has 7 nitrogen and oxygen atoms in total. The molecule has 5 rings (SSSR count). The van der Waals surface area contributed by atoms with Crippen LogP contribution in [0, 0.1) is 12.7 Å². The van der Waals surface area contributed by atoms with Crippen LogP contribution in [0.1, 0.15) is 25.1 Å². The lowest BCUT2D eigenvalue weighted by atomic mass is 10.0. The second kappa shape index (κ2) is 10.1. The number of aryl methyl sites for hydroxylation is 1. The molecule has 2 aromatic carbocycles. The third-order valence-corrected chi connectivity index (χ3v) is 6.62. The van der Waals surface area contributed by atoms with E-state index in [4.69, 9.17) is 10.8 Å². The molecule has 0 amide bonds. The van der Waals surface area contributed by atoms with E-state index in [2.05, 4.69) is 11.6 Å². The van der Waals surface area contributed by atoms with Gasteiger partial charge in [-0.05, 0) is 67.6 Å². The molecule has 0 aliphatic heterocycles. The summed E-state index contributed by atoms with van der Waals surface area (Å²) in [6.07, 6.45) is 7.19. The molecule has 5 aromatic rings. The van der Waals surface area contributed by atoms with Gasteiger partial charge in [-0.1, -0.05) is 36.9 Å². The van der Waals surface area contributed by atoms with Crippen molar-refractivity contribution in [3.05, 3.63) is 113 Å². The van der Waals surface area contributed by atoms with Crippen molar-refractivity contribution in [3.63, 3.8) is 0 Å². The highest BCUT2D eigenvalue weighted by atomic mass is 19.1. The molecule has 39 heavy (non-hydrogen) atoms. The molecule has 0 unspecified atom stereocenters. The summed E-state index contributed by atoms with van der Waals surface area (Å²) in [5.74, 6) is -0.608. The van der Waals surface area contributed by atoms with E-state index >= 15 is 0 Å². The Kier molecular flexibility index (Phi) is 6.62. The summed E-state index contributed by atoms with van der Waals surface area (Å²) < 4.78 is 17.6. The van der Waals surface area contributed by atoms with Gasteiger partial charge in [0.15, 0.2) is 0 Å². The van der Waals surface area contributed by atoms with Crippen molar-refractivity contribution in [2.75, 3.05) is 5.73 Å². The number of rotatable bonds is 6. The second-order valence-corrected chi connectivity index (χ2v) is 9.47. The first-order chi connectivity index (χ1) is 18.7. The number of nitrogen functional groups attached to an aromatic ring is 1. The fourth-order valence-electron chi connectivity index (χ4n) is 4.90. The van der Waals surface area contributed by atoms with E-state index in [-0.39, 0.29) is 23.7 Å². The number of allylic oxidation sites excluding steroid dienone is 5. The lowest BCUT2D eigenvalue weighted by Crippen LogP contribution is -2.25. The Bertz CT molecular complexity index is 1880. The number of halogens is 1. The highest BCUT2D eigenvalue weighted by molar-refractivity contribution is 6.00. The first-order valence-corrected chi connectivity index (χ1v) is 12.4. The first kappa shape index (κ1) is 25.7. The number of nitrogens with zero attached hydrogens (tertiary/aromatic N) is 4. The van der Waals surface area contributed by atoms with Gasteiger partial charge in [0.05, 0.1) is 28.5 Å². The van der Waals surface area contributed by atoms with E-state index in [0.29, 0.717) is 38.9 Å². The van der Waals surface area contributed by atoms with E-state index in [1.165, 1.54) is 12.1 Å². The van der Waals surface area contributed by atoms with Gasteiger partial charge >= 0.3 is 0 Å². The van der Waals surface area contributed by atoms with Gasteiger partial charge in [0.25, 0.3) is 5.56 Å². The van der Waals surface area contributed by atoms with Crippen LogP contribution in [0.5, 0.6) is 5.75 Å². The fraction of sp³-hybridized carbons (Fsp3) is 0.129. The molecule has 0 aliphatic carbocycles. The molecule has 3 N–H and O–H groups in total. The minimum absolute atomic E-state index is 0.160. The van der Waals surface area contributed by atoms with Crippen molar-refractivity contribution in [1.82, 2.24) is 19.3 Å². The van der Waals surface area contributed by atoms with Gasteiger partial charge in [-0.3, -0.25) is 14.0 Å². The third kappa shape index (κ3) is 4.61. The largest absolute Gasteiger partial charge is 0.508 e. The van der Waals surface area contributed by atoms with Crippen molar-refractivity contribution in [2.45, 2.75) is 27.3 Å². The van der Waals surface area contributed by atoms with Crippen LogP contribution in [0.2, 0.25) is 0 Å². The SMILES string of the molecule is C=C(C)/C(=C\C=C/C)n1c(Cn2nc(-c3cc(O)cc(F)c3)c3c(N)nccc32)cc2cccc(C)c2c1=O. The monoisotopic (exact) mass is 521 g/mol. The minimum atomic E-state index is -0.603. The van der Waals surface area contributed by atoms with Crippen LogP contribution in [0.3, 0.4) is 0 Å². The summed E-state index contributed by atoms with van der Waals surface area (Å²) >= 11 is 0. The van der Waals surface area contributed by atoms with Crippen LogP contribution in [0.4, 0.5) is 10.2 Å². The van der Waals surface area contributed by atoms with Crippen molar-refractivity contribution in [3.8, 4) is 17.0 Å². The van der Waals surface area contributed by atoms with Crippen molar-refractivity contribution in [2.24, 2.45) is 0 Å². The molecule has 196 valence electrons. The molecule has 0 saturated heterocycles. The number of fused-ring (bicyclic) bond motifs is 2. The standard InChI is InChI=1S/C31H28FN5O2/c1-5-6-10-25(18(2)3)37-23(14-20-9-7-8-19(4)27(20)31(37)39)17-36-26-11-12-34-30(33)28(26)29(35-36)21-13-22(32)16-24(38)15-21/h5-16,38H,2,17H2,1,3-4H3,(H2,33,34)/b6-5-,25-10+. The number of aromatic nitrogens is 4. The maximum Gasteiger partial charge on any atom is 0.263 e. The van der Waals surface area contributed by atoms with Crippen LogP contribution >= 0.6 is 0 Å². The summed E-state index contributed by atoms with van der Waals surface area (Å²) in [6.45, 7) is 10.0. The molecular formula is C31H28FN5O2. The highest BCUT2D eigenvalue weighted by Crippen LogP contribution is 2.34. The molecule has 0 radical (unpaired) electrons. The number of benzene rings is 2. The van der Waals surface area contributed by atoms with Gasteiger partial charge in [-0.15, -0.1) is 0 Å². The number of phenols is 1. The zero-order valence-corrected chi connectivity index (χ0v) is 21.9. The number of aromatic hydroxyl groups is 1. The van der Waals surface area contributed by atoms with Crippen molar-refractivity contribution >= 4 is 33.2 Å². The Balaban J connectivity index is 1.81. The maximum atomic E-state index is 14.2. The number of hydrogen-bond acceptors (Lipinski definition) is 5. The molecule has 0 saturated carbocycles. The van der Waals surface area contributed by atoms with E-state index < -0.39 is 5.82 Å². The van der Waals surface area contributed by atoms with E-state index in [9.17, 15) is 14.3 Å². The topological polar surface area (TPSA) is 99.0 Å². The molecule has 0 fully saturated rings. The molecule has 3 heterocycles. The van der Waals surface area contributed by atoms with Gasteiger partial charge in [0.1, 0.15) is 23.1 Å². The summed E-state index contributed by atoms with van der Waals surface area (Å²) in [5, 5.41) is 16.8. The van der Waals surface area contributed by atoms with E-state index in [0.717, 1.165) is 22.6 Å². The summed E-state index contributed by atoms with van der Waals surface area (Å²) in [7, 11) is 0. The molecule has 0 spiro atoms. The average Bonchev–Trinajstić information content (AvgIpc) is 3.24. The average molecular weight is 522 g/mol. The summed E-state index contributed by atoms with van der Waals surface area (Å²) in [6, 6.07) is 13.2. The van der Waals surface area contributed by atoms with E-state index in [1.807, 2.05) is 63.3 Å². The maximum absolute atomic E-state index is 14.2. The Morgan fingerprint density at radius 2 is 1.97 bits per heavy atom. The highest BCUT2D eigenvalue weighted by Gasteiger charge is 2.20. The van der Waals surface area contributed by atoms with Crippen LogP contribution in [-0.2, 0) is 6.54 Å². The first-order valence-electron chi connectivity index (χ1n) is 12.4. The van der Waals surface area contributed by atoms with Crippen LogP contribution in [0.25, 0.3) is 38.6 Å². The van der Waals surface area contributed by atoms with E-state index in [1.54, 1.807) is 21.5 Å². The number of pyridine rings is 2. The van der Waals surface area contributed by atoms with Crippen molar-refractivity contribution < 1.29 is 9.50 Å². The Labute approximate surface area is 224 Å². The summed E-state index contributed by atoms with van der Waals surface area (Å²) in [5.41, 5.74) is 10.4. The van der Waals surface area contributed by atoms with Gasteiger partial charge in [-0.25, -0.2) is 9.37 Å². The number of phenolic OH excluding ortho intramolecular Hbond substituents is 1. The molecule has 8 heteroatoms. The fourth-order valence-corrected chi connectivity index (χ4v) is 4.90. The molecular weight excluding hydrogens is 493 g/mol. The van der Waals surface area contributed by atoms with Gasteiger partial charge < -0.3 is 10.8 Å². The smallest absolute Gasteiger partial charge is 0.263 e. The Morgan fingerprint density at radius 1 is 1.18 bits per heavy atom. The molecule has 0 atom stereocenters. The Morgan fingerprint density at radius 3 is 2.69 bits per heavy atom. The predicted octanol–water partition coefficient (Wildman–Crippen LogP) is 6.19. The van der Waals surface area contributed by atoms with Gasteiger partial charge in [0, 0.05) is 23.5 Å². The van der Waals surface area contributed by atoms with Gasteiger partial charge in [-0.2, -0.15) is 5.10 Å². The second-order valence-electron chi connectivity index (χ2n) is 9.47. The van der Waals surface area contributed by atoms with Crippen LogP contribution in [0.15, 0.2) is 89.9 Å². The zero-order valence-electron chi connectivity index (χ0n) is 21.9. The molecule has 0 aliphatic rings.